The van der Waals surface area contributed by atoms with E-state index in [-0.39, 0.29) is 5.92 Å². The van der Waals surface area contributed by atoms with Gasteiger partial charge in [0, 0.05) is 5.92 Å². The van der Waals surface area contributed by atoms with E-state index in [1.54, 1.807) is 6.26 Å². The fourth-order valence-corrected chi connectivity index (χ4v) is 7.70. The molecule has 3 aliphatic rings. The number of carbonyl (C=O) groups excluding carboxylic acids is 1. The lowest BCUT2D eigenvalue weighted by molar-refractivity contribution is -0.139. The lowest BCUT2D eigenvalue weighted by Gasteiger charge is -2.62. The number of hydrogen-bond donors (Lipinski definition) is 0. The van der Waals surface area contributed by atoms with E-state index in [1.807, 2.05) is 6.26 Å². The van der Waals surface area contributed by atoms with Gasteiger partial charge in [-0.25, -0.2) is 0 Å². The van der Waals surface area contributed by atoms with Crippen molar-refractivity contribution in [2.75, 3.05) is 0 Å². The Balaban J connectivity index is 1.57. The quantitative estimate of drug-likeness (QED) is 0.593. The molecule has 0 spiro atoms. The molecule has 0 aliphatic heterocycles. The van der Waals surface area contributed by atoms with Crippen LogP contribution in [0.2, 0.25) is 0 Å². The van der Waals surface area contributed by atoms with Gasteiger partial charge in [0.05, 0.1) is 12.5 Å². The number of aldehydes is 1. The molecule has 1 aromatic rings. The number of furan rings is 1. The van der Waals surface area contributed by atoms with Gasteiger partial charge in [-0.2, -0.15) is 0 Å². The Labute approximate surface area is 159 Å². The maximum absolute atomic E-state index is 11.9. The van der Waals surface area contributed by atoms with Crippen LogP contribution in [-0.2, 0) is 11.2 Å². The topological polar surface area (TPSA) is 30.2 Å². The molecule has 0 radical (unpaired) electrons. The number of carbonyl (C=O) groups is 1. The van der Waals surface area contributed by atoms with Gasteiger partial charge < -0.3 is 9.21 Å². The molecule has 3 aliphatic carbocycles. The van der Waals surface area contributed by atoms with Crippen LogP contribution >= 0.6 is 0 Å². The van der Waals surface area contributed by atoms with Crippen molar-refractivity contribution in [3.63, 3.8) is 0 Å². The summed E-state index contributed by atoms with van der Waals surface area (Å²) in [6.07, 6.45) is 16.4. The zero-order valence-corrected chi connectivity index (χ0v) is 16.9. The minimum absolute atomic E-state index is 0.278. The Bertz CT molecular complexity index is 616. The highest BCUT2D eigenvalue weighted by molar-refractivity contribution is 5.54. The van der Waals surface area contributed by atoms with Crippen LogP contribution in [-0.4, -0.2) is 6.29 Å². The molecule has 0 bridgehead atoms. The Kier molecular flexibility index (Phi) is 4.82. The second-order valence-corrected chi connectivity index (χ2v) is 10.5. The molecule has 2 nitrogen and oxygen atoms in total. The molecule has 3 saturated carbocycles. The van der Waals surface area contributed by atoms with E-state index in [0.717, 1.165) is 37.0 Å². The maximum Gasteiger partial charge on any atom is 0.123 e. The van der Waals surface area contributed by atoms with E-state index >= 15 is 0 Å². The third kappa shape index (κ3) is 2.98. The van der Waals surface area contributed by atoms with Crippen LogP contribution in [0.4, 0.5) is 0 Å². The Hall–Kier alpha value is -1.05. The van der Waals surface area contributed by atoms with E-state index < -0.39 is 0 Å². The minimum atomic E-state index is 0.278. The van der Waals surface area contributed by atoms with Gasteiger partial charge >= 0.3 is 0 Å². The van der Waals surface area contributed by atoms with Crippen molar-refractivity contribution in [1.82, 2.24) is 0 Å². The first-order valence-electron chi connectivity index (χ1n) is 10.9. The molecule has 0 saturated heterocycles. The van der Waals surface area contributed by atoms with Crippen molar-refractivity contribution < 1.29 is 9.21 Å². The summed E-state index contributed by atoms with van der Waals surface area (Å²) in [4.78, 5) is 11.9. The molecule has 0 aromatic carbocycles. The molecule has 0 N–H and O–H groups in total. The van der Waals surface area contributed by atoms with Gasteiger partial charge in [0.15, 0.2) is 0 Å². The van der Waals surface area contributed by atoms with Crippen LogP contribution in [0, 0.1) is 40.4 Å². The van der Waals surface area contributed by atoms with Gasteiger partial charge in [0.25, 0.3) is 0 Å². The molecular weight excluding hydrogens is 320 g/mol. The summed E-state index contributed by atoms with van der Waals surface area (Å²) in [5, 5.41) is 0. The molecule has 1 aromatic heterocycles. The maximum atomic E-state index is 11.9. The van der Waals surface area contributed by atoms with Crippen LogP contribution in [0.1, 0.15) is 77.7 Å². The predicted octanol–water partition coefficient (Wildman–Crippen LogP) is 6.30. The van der Waals surface area contributed by atoms with Gasteiger partial charge in [-0.15, -0.1) is 0 Å². The third-order valence-corrected chi connectivity index (χ3v) is 8.86. The molecular formula is C24H36O2. The summed E-state index contributed by atoms with van der Waals surface area (Å²) < 4.78 is 5.25. The minimum Gasteiger partial charge on any atom is -0.472 e. The normalized spacial score (nSPS) is 41.9. The fourth-order valence-electron chi connectivity index (χ4n) is 7.70. The number of fused-ring (bicyclic) bond motifs is 3. The monoisotopic (exact) mass is 356 g/mol. The van der Waals surface area contributed by atoms with Crippen LogP contribution in [0.3, 0.4) is 0 Å². The molecule has 0 amide bonds. The van der Waals surface area contributed by atoms with Gasteiger partial charge in [-0.3, -0.25) is 0 Å². The zero-order valence-electron chi connectivity index (χ0n) is 16.9. The number of rotatable bonds is 4. The van der Waals surface area contributed by atoms with Crippen LogP contribution < -0.4 is 0 Å². The first kappa shape index (κ1) is 18.3. The first-order chi connectivity index (χ1) is 12.5. The summed E-state index contributed by atoms with van der Waals surface area (Å²) in [6, 6.07) is 2.08. The van der Waals surface area contributed by atoms with E-state index in [0.29, 0.717) is 16.7 Å². The molecule has 6 atom stereocenters. The number of aryl methyl sites for hydroxylation is 1. The average Bonchev–Trinajstić information content (AvgIpc) is 3.12. The summed E-state index contributed by atoms with van der Waals surface area (Å²) in [5.74, 6) is 3.29. The van der Waals surface area contributed by atoms with Crippen molar-refractivity contribution in [3.05, 3.63) is 24.2 Å². The highest BCUT2D eigenvalue weighted by atomic mass is 16.3. The number of hydrogen-bond acceptors (Lipinski definition) is 2. The highest BCUT2D eigenvalue weighted by Gasteiger charge is 2.57. The molecule has 26 heavy (non-hydrogen) atoms. The van der Waals surface area contributed by atoms with Crippen molar-refractivity contribution in [2.24, 2.45) is 40.4 Å². The van der Waals surface area contributed by atoms with E-state index in [9.17, 15) is 4.79 Å². The summed E-state index contributed by atoms with van der Waals surface area (Å²) in [6.45, 7) is 7.65. The van der Waals surface area contributed by atoms with Crippen molar-refractivity contribution >= 4 is 6.29 Å². The Morgan fingerprint density at radius 3 is 2.73 bits per heavy atom. The Morgan fingerprint density at radius 2 is 2.00 bits per heavy atom. The van der Waals surface area contributed by atoms with Crippen molar-refractivity contribution in [3.8, 4) is 0 Å². The van der Waals surface area contributed by atoms with E-state index in [4.69, 9.17) is 4.42 Å². The third-order valence-electron chi connectivity index (χ3n) is 8.86. The summed E-state index contributed by atoms with van der Waals surface area (Å²) in [7, 11) is 0. The van der Waals surface area contributed by atoms with Crippen LogP contribution in [0.15, 0.2) is 23.0 Å². The fraction of sp³-hybridized carbons (Fsp3) is 0.792. The zero-order chi connectivity index (χ0) is 18.4. The highest BCUT2D eigenvalue weighted by Crippen LogP contribution is 2.65. The van der Waals surface area contributed by atoms with Crippen LogP contribution in [0.5, 0.6) is 0 Å². The molecule has 1 unspecified atom stereocenters. The van der Waals surface area contributed by atoms with Gasteiger partial charge in [-0.05, 0) is 97.5 Å². The van der Waals surface area contributed by atoms with Crippen molar-refractivity contribution in [2.45, 2.75) is 78.6 Å². The summed E-state index contributed by atoms with van der Waals surface area (Å²) >= 11 is 0. The molecule has 144 valence electrons. The first-order valence-corrected chi connectivity index (χ1v) is 10.9. The average molecular weight is 357 g/mol. The Morgan fingerprint density at radius 1 is 1.15 bits per heavy atom. The van der Waals surface area contributed by atoms with E-state index in [2.05, 4.69) is 26.8 Å². The second kappa shape index (κ2) is 6.84. The van der Waals surface area contributed by atoms with Gasteiger partial charge in [0.2, 0.25) is 0 Å². The largest absolute Gasteiger partial charge is 0.472 e. The standard InChI is InChI=1S/C24H36O2/c1-23(2)12-4-13-24(3)21-9-6-18(15-25)19(20(21)8-10-22(23)24)7-5-17-11-14-26-16-17/h11,14-16,18-22H,4-10,12-13H2,1-3H3/t18?,19-,20-,21-,22-,24+/m0/s1. The predicted molar refractivity (Wildman–Crippen MR) is 105 cm³/mol. The molecule has 2 heteroatoms. The lowest BCUT2D eigenvalue weighted by atomic mass is 9.43. The van der Waals surface area contributed by atoms with Gasteiger partial charge in [-0.1, -0.05) is 27.2 Å². The van der Waals surface area contributed by atoms with Gasteiger partial charge in [0.1, 0.15) is 6.29 Å². The smallest absolute Gasteiger partial charge is 0.123 e. The second-order valence-electron chi connectivity index (χ2n) is 10.5. The summed E-state index contributed by atoms with van der Waals surface area (Å²) in [5.41, 5.74) is 2.27. The lowest BCUT2D eigenvalue weighted by Crippen LogP contribution is -2.55. The van der Waals surface area contributed by atoms with E-state index in [1.165, 1.54) is 50.4 Å². The van der Waals surface area contributed by atoms with Crippen LogP contribution in [0.25, 0.3) is 0 Å². The molecule has 3 fully saturated rings. The molecule has 1 heterocycles. The SMILES string of the molecule is CC1(C)CCC[C@]2(C)[C@H]3CCC(C=O)[C@H](CCc4ccoc4)[C@@H]3CC[C@@H]12. The molecule has 4 rings (SSSR count). The van der Waals surface area contributed by atoms with Crippen molar-refractivity contribution in [1.29, 1.82) is 0 Å².